The molecule has 0 spiro atoms. The SMILES string of the molecule is CCCCCCCCCCCCCCCCCC(=O)OCCOCCOCCN1C(=O)C=CC1=O. The first-order valence-electron chi connectivity index (χ1n) is 14.0. The maximum atomic E-state index is 11.8. The zero-order valence-electron chi connectivity index (χ0n) is 22.1. The number of hydrogen-bond donors (Lipinski definition) is 0. The normalized spacial score (nSPS) is 13.2. The Balaban J connectivity index is 1.73. The van der Waals surface area contributed by atoms with Crippen molar-refractivity contribution in [3.05, 3.63) is 12.2 Å². The van der Waals surface area contributed by atoms with Crippen LogP contribution in [0.1, 0.15) is 110 Å². The van der Waals surface area contributed by atoms with Crippen LogP contribution in [-0.2, 0) is 28.6 Å². The molecule has 0 fully saturated rings. The minimum Gasteiger partial charge on any atom is -0.463 e. The summed E-state index contributed by atoms with van der Waals surface area (Å²) in [6.07, 6.45) is 22.6. The van der Waals surface area contributed by atoms with Gasteiger partial charge in [0.15, 0.2) is 0 Å². The Kier molecular flexibility index (Phi) is 20.3. The fraction of sp³-hybridized carbons (Fsp3) is 0.821. The predicted molar refractivity (Wildman–Crippen MR) is 138 cm³/mol. The highest BCUT2D eigenvalue weighted by atomic mass is 16.6. The van der Waals surface area contributed by atoms with Gasteiger partial charge in [0.2, 0.25) is 0 Å². The van der Waals surface area contributed by atoms with E-state index in [2.05, 4.69) is 6.92 Å². The molecule has 0 unspecified atom stereocenters. The van der Waals surface area contributed by atoms with E-state index in [9.17, 15) is 14.4 Å². The average molecular weight is 496 g/mol. The van der Waals surface area contributed by atoms with Crippen molar-refractivity contribution in [2.24, 2.45) is 0 Å². The number of carbonyl (C=O) groups is 3. The van der Waals surface area contributed by atoms with Gasteiger partial charge >= 0.3 is 5.97 Å². The van der Waals surface area contributed by atoms with Crippen LogP contribution in [0.2, 0.25) is 0 Å². The van der Waals surface area contributed by atoms with Crippen LogP contribution in [0.15, 0.2) is 12.2 Å². The van der Waals surface area contributed by atoms with E-state index in [4.69, 9.17) is 14.2 Å². The van der Waals surface area contributed by atoms with Crippen LogP contribution in [0.4, 0.5) is 0 Å². The Morgan fingerprint density at radius 1 is 0.629 bits per heavy atom. The van der Waals surface area contributed by atoms with Gasteiger partial charge in [0.05, 0.1) is 33.0 Å². The molecule has 1 aliphatic rings. The number of rotatable bonds is 25. The monoisotopic (exact) mass is 495 g/mol. The minimum absolute atomic E-state index is 0.159. The van der Waals surface area contributed by atoms with E-state index in [1.807, 2.05) is 0 Å². The second kappa shape index (κ2) is 22.7. The van der Waals surface area contributed by atoms with Crippen molar-refractivity contribution >= 4 is 17.8 Å². The first-order valence-corrected chi connectivity index (χ1v) is 14.0. The van der Waals surface area contributed by atoms with Crippen LogP contribution in [-0.4, -0.2) is 62.3 Å². The van der Waals surface area contributed by atoms with Crippen molar-refractivity contribution in [3.63, 3.8) is 0 Å². The topological polar surface area (TPSA) is 82.1 Å². The quantitative estimate of drug-likeness (QED) is 0.0911. The number of imide groups is 1. The summed E-state index contributed by atoms with van der Waals surface area (Å²) in [5.41, 5.74) is 0. The number of ether oxygens (including phenoxy) is 3. The molecule has 0 aromatic rings. The third-order valence-electron chi connectivity index (χ3n) is 6.21. The Bertz CT molecular complexity index is 574. The van der Waals surface area contributed by atoms with Gasteiger partial charge in [-0.05, 0) is 6.42 Å². The molecule has 0 aromatic heterocycles. The van der Waals surface area contributed by atoms with Gasteiger partial charge in [-0.25, -0.2) is 0 Å². The Hall–Kier alpha value is -1.73. The molecule has 0 atom stereocenters. The van der Waals surface area contributed by atoms with Crippen LogP contribution in [0.3, 0.4) is 0 Å². The zero-order chi connectivity index (χ0) is 25.4. The van der Waals surface area contributed by atoms with Crippen LogP contribution in [0.5, 0.6) is 0 Å². The molecule has 2 amide bonds. The molecule has 0 aromatic carbocycles. The van der Waals surface area contributed by atoms with Gasteiger partial charge in [-0.15, -0.1) is 0 Å². The molecule has 0 saturated heterocycles. The Morgan fingerprint density at radius 3 is 1.57 bits per heavy atom. The van der Waals surface area contributed by atoms with Gasteiger partial charge in [0.25, 0.3) is 11.8 Å². The number of carbonyl (C=O) groups excluding carboxylic acids is 3. The van der Waals surface area contributed by atoms with Gasteiger partial charge in [-0.2, -0.15) is 0 Å². The highest BCUT2D eigenvalue weighted by molar-refractivity contribution is 6.12. The van der Waals surface area contributed by atoms with Crippen molar-refractivity contribution in [1.29, 1.82) is 0 Å². The van der Waals surface area contributed by atoms with Crippen molar-refractivity contribution in [2.45, 2.75) is 110 Å². The molecule has 7 heteroatoms. The number of amides is 2. The van der Waals surface area contributed by atoms with E-state index < -0.39 is 0 Å². The molecular weight excluding hydrogens is 446 g/mol. The lowest BCUT2D eigenvalue weighted by Gasteiger charge is -2.13. The third kappa shape index (κ3) is 18.2. The van der Waals surface area contributed by atoms with Gasteiger partial charge < -0.3 is 14.2 Å². The molecule has 1 heterocycles. The van der Waals surface area contributed by atoms with Crippen LogP contribution >= 0.6 is 0 Å². The summed E-state index contributed by atoms with van der Waals surface area (Å²) in [7, 11) is 0. The lowest BCUT2D eigenvalue weighted by atomic mass is 10.0. The standard InChI is InChI=1S/C28H49NO6/c1-2-3-4-5-6-7-8-9-10-11-12-13-14-15-16-17-28(32)35-25-24-34-23-22-33-21-20-29-26(30)18-19-27(29)31/h18-19H,2-17,20-25H2,1H3. The molecule has 0 N–H and O–H groups in total. The molecule has 0 bridgehead atoms. The molecular formula is C28H49NO6. The van der Waals surface area contributed by atoms with Gasteiger partial charge in [0, 0.05) is 18.6 Å². The highest BCUT2D eigenvalue weighted by Gasteiger charge is 2.22. The van der Waals surface area contributed by atoms with Crippen LogP contribution in [0, 0.1) is 0 Å². The van der Waals surface area contributed by atoms with Crippen LogP contribution in [0.25, 0.3) is 0 Å². The maximum Gasteiger partial charge on any atom is 0.305 e. The highest BCUT2D eigenvalue weighted by Crippen LogP contribution is 2.13. The summed E-state index contributed by atoms with van der Waals surface area (Å²) >= 11 is 0. The average Bonchev–Trinajstić information content (AvgIpc) is 3.17. The summed E-state index contributed by atoms with van der Waals surface area (Å²) in [6.45, 7) is 4.09. The minimum atomic E-state index is -0.305. The molecule has 7 nitrogen and oxygen atoms in total. The fourth-order valence-electron chi connectivity index (χ4n) is 4.06. The zero-order valence-corrected chi connectivity index (χ0v) is 22.1. The molecule has 1 rings (SSSR count). The third-order valence-corrected chi connectivity index (χ3v) is 6.21. The summed E-state index contributed by atoms with van der Waals surface area (Å²) in [5, 5.41) is 0. The summed E-state index contributed by atoms with van der Waals surface area (Å²) in [4.78, 5) is 35.7. The molecule has 202 valence electrons. The fourth-order valence-corrected chi connectivity index (χ4v) is 4.06. The lowest BCUT2D eigenvalue weighted by Crippen LogP contribution is -2.33. The number of hydrogen-bond acceptors (Lipinski definition) is 6. The van der Waals surface area contributed by atoms with Crippen LogP contribution < -0.4 is 0 Å². The van der Waals surface area contributed by atoms with Crippen molar-refractivity contribution in [3.8, 4) is 0 Å². The van der Waals surface area contributed by atoms with E-state index in [0.29, 0.717) is 26.2 Å². The largest absolute Gasteiger partial charge is 0.463 e. The summed E-state index contributed by atoms with van der Waals surface area (Å²) in [6, 6.07) is 0. The summed E-state index contributed by atoms with van der Waals surface area (Å²) < 4.78 is 15.9. The lowest BCUT2D eigenvalue weighted by molar-refractivity contribution is -0.145. The van der Waals surface area contributed by atoms with Gasteiger partial charge in [-0.3, -0.25) is 19.3 Å². The summed E-state index contributed by atoms with van der Waals surface area (Å²) in [5.74, 6) is -0.768. The van der Waals surface area contributed by atoms with E-state index in [1.165, 1.54) is 95.6 Å². The maximum absolute atomic E-state index is 11.8. The van der Waals surface area contributed by atoms with E-state index in [1.54, 1.807) is 0 Å². The molecule has 0 radical (unpaired) electrons. The first-order chi connectivity index (χ1) is 17.1. The second-order valence-electron chi connectivity index (χ2n) is 9.31. The Labute approximate surface area is 212 Å². The molecule has 0 saturated carbocycles. The van der Waals surface area contributed by atoms with E-state index in [0.717, 1.165) is 17.7 Å². The number of esters is 1. The van der Waals surface area contributed by atoms with Crippen molar-refractivity contribution in [2.75, 3.05) is 39.6 Å². The Morgan fingerprint density at radius 2 is 1.06 bits per heavy atom. The number of unbranched alkanes of at least 4 members (excludes halogenated alkanes) is 14. The van der Waals surface area contributed by atoms with E-state index in [-0.39, 0.29) is 37.5 Å². The smallest absolute Gasteiger partial charge is 0.305 e. The first kappa shape index (κ1) is 31.3. The predicted octanol–water partition coefficient (Wildman–Crippen LogP) is 5.75. The van der Waals surface area contributed by atoms with Crippen molar-refractivity contribution < 1.29 is 28.6 Å². The van der Waals surface area contributed by atoms with Crippen molar-refractivity contribution in [1.82, 2.24) is 4.90 Å². The van der Waals surface area contributed by atoms with Gasteiger partial charge in [0.1, 0.15) is 6.61 Å². The van der Waals surface area contributed by atoms with Gasteiger partial charge in [-0.1, -0.05) is 96.8 Å². The number of nitrogens with zero attached hydrogens (tertiary/aromatic N) is 1. The molecule has 0 aliphatic carbocycles. The molecule has 35 heavy (non-hydrogen) atoms. The second-order valence-corrected chi connectivity index (χ2v) is 9.31. The van der Waals surface area contributed by atoms with E-state index >= 15 is 0 Å². The molecule has 1 aliphatic heterocycles.